The van der Waals surface area contributed by atoms with E-state index in [0.29, 0.717) is 32.2 Å². The summed E-state index contributed by atoms with van der Waals surface area (Å²) in [5.74, 6) is -0.796. The van der Waals surface area contributed by atoms with Gasteiger partial charge in [0.15, 0.2) is 0 Å². The zero-order valence-electron chi connectivity index (χ0n) is 15.8. The third kappa shape index (κ3) is 5.83. The summed E-state index contributed by atoms with van der Waals surface area (Å²) in [7, 11) is 0. The van der Waals surface area contributed by atoms with Gasteiger partial charge in [-0.15, -0.1) is 0 Å². The topological polar surface area (TPSA) is 44.4 Å². The number of benzene rings is 1. The number of carbonyl (C=O) groups is 1. The highest BCUT2D eigenvalue weighted by Gasteiger charge is 2.46. The van der Waals surface area contributed by atoms with Crippen LogP contribution in [0.15, 0.2) is 24.3 Å². The highest BCUT2D eigenvalue weighted by molar-refractivity contribution is 5.74. The average molecular weight is 401 g/mol. The summed E-state index contributed by atoms with van der Waals surface area (Å²) in [6.45, 7) is 2.15. The molecule has 8 heteroatoms. The maximum absolute atomic E-state index is 13.3. The molecule has 4 nitrogen and oxygen atoms in total. The van der Waals surface area contributed by atoms with Gasteiger partial charge in [-0.3, -0.25) is 4.90 Å². The first-order chi connectivity index (χ1) is 13.3. The van der Waals surface area contributed by atoms with Crippen molar-refractivity contribution in [2.45, 2.75) is 63.3 Å². The number of hydrogen-bond donors (Lipinski definition) is 2. The fraction of sp³-hybridized carbons (Fsp3) is 0.650. The number of nitrogens with zero attached hydrogens (tertiary/aromatic N) is 1. The lowest BCUT2D eigenvalue weighted by molar-refractivity contribution is -0.164. The van der Waals surface area contributed by atoms with Crippen molar-refractivity contribution in [2.75, 3.05) is 13.1 Å². The van der Waals surface area contributed by atoms with Crippen LogP contribution in [0.5, 0.6) is 0 Å². The molecular weight excluding hydrogens is 374 g/mol. The van der Waals surface area contributed by atoms with Crippen LogP contribution in [0, 0.1) is 11.7 Å². The summed E-state index contributed by atoms with van der Waals surface area (Å²) in [5.41, 5.74) is 1.01. The van der Waals surface area contributed by atoms with Gasteiger partial charge in [0.25, 0.3) is 0 Å². The molecule has 3 rings (SSSR count). The molecule has 1 heterocycles. The quantitative estimate of drug-likeness (QED) is 0.726. The molecule has 0 spiro atoms. The summed E-state index contributed by atoms with van der Waals surface area (Å²) in [4.78, 5) is 14.4. The van der Waals surface area contributed by atoms with Gasteiger partial charge in [0.1, 0.15) is 11.9 Å². The zero-order chi connectivity index (χ0) is 20.1. The van der Waals surface area contributed by atoms with Gasteiger partial charge in [0, 0.05) is 25.7 Å². The molecule has 2 fully saturated rings. The average Bonchev–Trinajstić information content (AvgIpc) is 3.16. The highest BCUT2D eigenvalue weighted by atomic mass is 19.4. The smallest absolute Gasteiger partial charge is 0.335 e. The van der Waals surface area contributed by atoms with Crippen LogP contribution >= 0.6 is 0 Å². The van der Waals surface area contributed by atoms with Gasteiger partial charge in [-0.2, -0.15) is 13.2 Å². The molecule has 1 aromatic rings. The molecule has 0 radical (unpaired) electrons. The SMILES string of the molecule is O=C(NC1CCN(Cc2ccc(F)cc2)CC1)N[C@H](C1CCCC1)C(F)(F)F. The Labute approximate surface area is 162 Å². The van der Waals surface area contributed by atoms with E-state index in [-0.39, 0.29) is 11.9 Å². The molecule has 1 saturated carbocycles. The lowest BCUT2D eigenvalue weighted by Gasteiger charge is -2.33. The lowest BCUT2D eigenvalue weighted by Crippen LogP contribution is -2.55. The minimum atomic E-state index is -4.43. The maximum atomic E-state index is 13.3. The molecule has 28 heavy (non-hydrogen) atoms. The fourth-order valence-electron chi connectivity index (χ4n) is 4.21. The summed E-state index contributed by atoms with van der Waals surface area (Å²) in [5, 5.41) is 4.89. The van der Waals surface area contributed by atoms with Gasteiger partial charge in [-0.1, -0.05) is 25.0 Å². The number of alkyl halides is 3. The van der Waals surface area contributed by atoms with E-state index in [1.54, 1.807) is 12.1 Å². The van der Waals surface area contributed by atoms with Gasteiger partial charge < -0.3 is 10.6 Å². The van der Waals surface area contributed by atoms with Crippen molar-refractivity contribution in [3.05, 3.63) is 35.6 Å². The van der Waals surface area contributed by atoms with E-state index in [0.717, 1.165) is 31.5 Å². The number of halogens is 4. The summed E-state index contributed by atoms with van der Waals surface area (Å²) >= 11 is 0. The lowest BCUT2D eigenvalue weighted by atomic mass is 9.97. The van der Waals surface area contributed by atoms with Gasteiger partial charge in [0.2, 0.25) is 0 Å². The van der Waals surface area contributed by atoms with Crippen LogP contribution in [-0.2, 0) is 6.54 Å². The Balaban J connectivity index is 1.44. The second-order valence-electron chi connectivity index (χ2n) is 7.86. The highest BCUT2D eigenvalue weighted by Crippen LogP contribution is 2.35. The van der Waals surface area contributed by atoms with Crippen molar-refractivity contribution in [3.8, 4) is 0 Å². The van der Waals surface area contributed by atoms with Crippen molar-refractivity contribution < 1.29 is 22.4 Å². The van der Waals surface area contributed by atoms with Crippen LogP contribution in [-0.4, -0.2) is 42.3 Å². The molecule has 2 aliphatic rings. The summed E-state index contributed by atoms with van der Waals surface area (Å²) < 4.78 is 52.9. The number of urea groups is 1. The van der Waals surface area contributed by atoms with Gasteiger partial charge >= 0.3 is 12.2 Å². The maximum Gasteiger partial charge on any atom is 0.408 e. The van der Waals surface area contributed by atoms with E-state index in [9.17, 15) is 22.4 Å². The second-order valence-corrected chi connectivity index (χ2v) is 7.86. The Kier molecular flexibility index (Phi) is 6.80. The second kappa shape index (κ2) is 9.11. The minimum Gasteiger partial charge on any atom is -0.335 e. The van der Waals surface area contributed by atoms with Crippen LogP contribution in [0.1, 0.15) is 44.1 Å². The molecule has 1 aliphatic heterocycles. The molecule has 2 amide bonds. The van der Waals surface area contributed by atoms with Crippen molar-refractivity contribution in [2.24, 2.45) is 5.92 Å². The van der Waals surface area contributed by atoms with Crippen molar-refractivity contribution in [1.82, 2.24) is 15.5 Å². The normalized spacial score (nSPS) is 20.9. The third-order valence-electron chi connectivity index (χ3n) is 5.75. The number of rotatable bonds is 5. The summed E-state index contributed by atoms with van der Waals surface area (Å²) in [6.07, 6.45) is -0.493. The van der Waals surface area contributed by atoms with Crippen LogP contribution in [0.4, 0.5) is 22.4 Å². The molecule has 1 saturated heterocycles. The third-order valence-corrected chi connectivity index (χ3v) is 5.75. The number of hydrogen-bond acceptors (Lipinski definition) is 2. The Bertz CT molecular complexity index is 636. The van der Waals surface area contributed by atoms with Gasteiger partial charge in [-0.05, 0) is 49.3 Å². The standard InChI is InChI=1S/C20H27F4N3O/c21-16-7-5-14(6-8-16)13-27-11-9-17(10-12-27)25-19(28)26-18(20(22,23)24)15-3-1-2-4-15/h5-8,15,17-18H,1-4,9-13H2,(H2,25,26,28)/t18-/m1/s1. The Morgan fingerprint density at radius 3 is 2.25 bits per heavy atom. The van der Waals surface area contributed by atoms with E-state index >= 15 is 0 Å². The van der Waals surface area contributed by atoms with E-state index in [4.69, 9.17) is 0 Å². The van der Waals surface area contributed by atoms with E-state index < -0.39 is 24.2 Å². The monoisotopic (exact) mass is 401 g/mol. The Hall–Kier alpha value is -1.83. The Morgan fingerprint density at radius 1 is 1.07 bits per heavy atom. The molecule has 0 bridgehead atoms. The number of carbonyl (C=O) groups excluding carboxylic acids is 1. The molecule has 2 N–H and O–H groups in total. The molecule has 156 valence electrons. The number of amides is 2. The number of piperidine rings is 1. The first kappa shape index (κ1) is 20.9. The van der Waals surface area contributed by atoms with Crippen LogP contribution in [0.3, 0.4) is 0 Å². The van der Waals surface area contributed by atoms with Crippen LogP contribution < -0.4 is 10.6 Å². The molecule has 1 aromatic carbocycles. The summed E-state index contributed by atoms with van der Waals surface area (Å²) in [6, 6.07) is 3.70. The molecule has 0 aromatic heterocycles. The van der Waals surface area contributed by atoms with Gasteiger partial charge in [0.05, 0.1) is 0 Å². The molecule has 0 unspecified atom stereocenters. The van der Waals surface area contributed by atoms with Crippen molar-refractivity contribution >= 4 is 6.03 Å². The van der Waals surface area contributed by atoms with Gasteiger partial charge in [-0.25, -0.2) is 9.18 Å². The van der Waals surface area contributed by atoms with Crippen molar-refractivity contribution in [3.63, 3.8) is 0 Å². The fourth-order valence-corrected chi connectivity index (χ4v) is 4.21. The Morgan fingerprint density at radius 2 is 1.68 bits per heavy atom. The predicted molar refractivity (Wildman–Crippen MR) is 98.2 cm³/mol. The number of nitrogens with one attached hydrogen (secondary N) is 2. The van der Waals surface area contributed by atoms with Crippen molar-refractivity contribution in [1.29, 1.82) is 0 Å². The van der Waals surface area contributed by atoms with E-state index in [1.807, 2.05) is 0 Å². The van der Waals surface area contributed by atoms with Crippen LogP contribution in [0.25, 0.3) is 0 Å². The molecule has 1 atom stereocenters. The first-order valence-corrected chi connectivity index (χ1v) is 9.92. The minimum absolute atomic E-state index is 0.137. The zero-order valence-corrected chi connectivity index (χ0v) is 15.8. The van der Waals surface area contributed by atoms with E-state index in [2.05, 4.69) is 15.5 Å². The predicted octanol–water partition coefficient (Wildman–Crippen LogP) is 4.21. The molecular formula is C20H27F4N3O. The first-order valence-electron chi connectivity index (χ1n) is 9.92. The van der Waals surface area contributed by atoms with E-state index in [1.165, 1.54) is 12.1 Å². The van der Waals surface area contributed by atoms with Crippen LogP contribution in [0.2, 0.25) is 0 Å². The molecule has 1 aliphatic carbocycles. The largest absolute Gasteiger partial charge is 0.408 e. The number of likely N-dealkylation sites (tertiary alicyclic amines) is 1.